The molecule has 0 radical (unpaired) electrons. The van der Waals surface area contributed by atoms with Crippen LogP contribution in [0.4, 0.5) is 29.2 Å². The molecule has 0 spiro atoms. The lowest BCUT2D eigenvalue weighted by Gasteiger charge is -2.39. The van der Waals surface area contributed by atoms with Crippen molar-refractivity contribution in [3.05, 3.63) is 94.8 Å². The Morgan fingerprint density at radius 2 is 0.980 bits per heavy atom. The van der Waals surface area contributed by atoms with Crippen LogP contribution in [0, 0.1) is 0 Å². The summed E-state index contributed by atoms with van der Waals surface area (Å²) in [7, 11) is 0. The fraction of sp³-hybridized carbons (Fsp3) is 0.429. The number of ketones is 2. The van der Waals surface area contributed by atoms with Crippen molar-refractivity contribution >= 4 is 23.2 Å². The molecule has 1 aliphatic carbocycles. The number of aromatic nitrogens is 6. The number of alkyl halides is 4. The molecular formula is C35H34F4N8O2. The molecule has 2 atom stereocenters. The molecule has 254 valence electrons. The maximum absolute atomic E-state index is 13.2. The second-order valence-electron chi connectivity index (χ2n) is 13.3. The predicted octanol–water partition coefficient (Wildman–Crippen LogP) is 4.73. The van der Waals surface area contributed by atoms with E-state index in [2.05, 4.69) is 30.4 Å². The van der Waals surface area contributed by atoms with Gasteiger partial charge < -0.3 is 9.80 Å². The van der Waals surface area contributed by atoms with Crippen LogP contribution in [0.25, 0.3) is 0 Å². The van der Waals surface area contributed by atoms with Crippen LogP contribution < -0.4 is 9.80 Å². The molecule has 7 rings (SSSR count). The summed E-state index contributed by atoms with van der Waals surface area (Å²) in [6.07, 6.45) is 3.00. The Morgan fingerprint density at radius 3 is 1.35 bits per heavy atom. The molecule has 10 nitrogen and oxygen atoms in total. The largest absolute Gasteiger partial charge is 0.344 e. The summed E-state index contributed by atoms with van der Waals surface area (Å²) in [5.41, 5.74) is 3.89. The quantitative estimate of drug-likeness (QED) is 0.195. The Labute approximate surface area is 280 Å². The zero-order valence-corrected chi connectivity index (χ0v) is 26.6. The highest BCUT2D eigenvalue weighted by Crippen LogP contribution is 2.42. The molecule has 0 bridgehead atoms. The van der Waals surface area contributed by atoms with E-state index < -0.39 is 11.8 Å². The zero-order valence-electron chi connectivity index (χ0n) is 26.6. The molecule has 4 aromatic rings. The second-order valence-corrected chi connectivity index (χ2v) is 13.3. The standard InChI is InChI=1S/C35H34F4N8O2/c36-34(37)18-46(19-34)32-5-1-3-24(40-32)14-28(48)16-26-9-11-30(44-42-26)22-7-8-23(13-22)31-12-10-27(43-45-31)17-29(49)15-25-4-2-6-33(41-25)47-20-35(38,39)21-47/h1-6,9-12,22-23H,7-8,13-21H2/t22-,23-/m0/s1. The van der Waals surface area contributed by atoms with Gasteiger partial charge in [0.05, 0.1) is 73.2 Å². The SMILES string of the molecule is O=C(Cc1ccc([C@H]2CC[C@H](c3ccc(CC(=O)Cc4cccc(N5CC(F)(F)C5)n4)nn3)C2)nn1)Cc1cccc(N2CC(F)(F)C2)n1. The third-order valence-corrected chi connectivity index (χ3v) is 9.18. The first kappa shape index (κ1) is 32.7. The molecule has 0 N–H and O–H groups in total. The van der Waals surface area contributed by atoms with E-state index in [-0.39, 0.29) is 75.3 Å². The molecule has 6 heterocycles. The number of carbonyl (C=O) groups is 2. The van der Waals surface area contributed by atoms with Gasteiger partial charge in [-0.15, -0.1) is 0 Å². The Morgan fingerprint density at radius 1 is 0.571 bits per heavy atom. The number of anilines is 2. The average Bonchev–Trinajstić information content (AvgIpc) is 3.54. The molecule has 2 saturated heterocycles. The number of pyridine rings is 2. The van der Waals surface area contributed by atoms with Crippen molar-refractivity contribution in [1.82, 2.24) is 30.4 Å². The third kappa shape index (κ3) is 7.89. The van der Waals surface area contributed by atoms with Gasteiger partial charge in [-0.25, -0.2) is 27.5 Å². The first-order valence-corrected chi connectivity index (χ1v) is 16.3. The summed E-state index contributed by atoms with van der Waals surface area (Å²) in [5.74, 6) is -4.30. The minimum atomic E-state index is -2.70. The van der Waals surface area contributed by atoms with E-state index in [1.807, 2.05) is 24.3 Å². The van der Waals surface area contributed by atoms with E-state index in [9.17, 15) is 27.2 Å². The minimum Gasteiger partial charge on any atom is -0.344 e. The van der Waals surface area contributed by atoms with E-state index in [0.717, 1.165) is 30.7 Å². The van der Waals surface area contributed by atoms with Gasteiger partial charge in [-0.05, 0) is 67.8 Å². The lowest BCUT2D eigenvalue weighted by molar-refractivity contribution is -0.118. The van der Waals surface area contributed by atoms with Crippen LogP contribution in [-0.4, -0.2) is 80.0 Å². The molecule has 49 heavy (non-hydrogen) atoms. The summed E-state index contributed by atoms with van der Waals surface area (Å²) in [4.78, 5) is 37.2. The number of nitrogens with zero attached hydrogens (tertiary/aromatic N) is 8. The molecule has 0 amide bonds. The normalized spacial score (nSPS) is 20.8. The Kier molecular flexibility index (Phi) is 8.80. The minimum absolute atomic E-state index is 0.0788. The van der Waals surface area contributed by atoms with Gasteiger partial charge in [-0.1, -0.05) is 12.1 Å². The van der Waals surface area contributed by atoms with Crippen molar-refractivity contribution in [2.75, 3.05) is 36.0 Å². The Bertz CT molecular complexity index is 1690. The summed E-state index contributed by atoms with van der Waals surface area (Å²) < 4.78 is 52.9. The van der Waals surface area contributed by atoms with Crippen molar-refractivity contribution < 1.29 is 27.2 Å². The van der Waals surface area contributed by atoms with E-state index >= 15 is 0 Å². The van der Waals surface area contributed by atoms with Gasteiger partial charge in [0.25, 0.3) is 11.8 Å². The lowest BCUT2D eigenvalue weighted by atomic mass is 9.98. The van der Waals surface area contributed by atoms with Crippen LogP contribution in [0.1, 0.15) is 65.3 Å². The summed E-state index contributed by atoms with van der Waals surface area (Å²) in [6.45, 7) is -1.46. The third-order valence-electron chi connectivity index (χ3n) is 9.18. The van der Waals surface area contributed by atoms with Crippen molar-refractivity contribution in [2.45, 2.75) is 68.6 Å². The number of Topliss-reactive ketones (excluding diaryl/α,β-unsaturated/α-hetero) is 2. The smallest absolute Gasteiger partial charge is 0.282 e. The van der Waals surface area contributed by atoms with Crippen molar-refractivity contribution in [1.29, 1.82) is 0 Å². The predicted molar refractivity (Wildman–Crippen MR) is 171 cm³/mol. The average molecular weight is 675 g/mol. The number of hydrogen-bond acceptors (Lipinski definition) is 10. The summed E-state index contributed by atoms with van der Waals surface area (Å²) >= 11 is 0. The van der Waals surface area contributed by atoms with Gasteiger partial charge >= 0.3 is 0 Å². The maximum Gasteiger partial charge on any atom is 0.282 e. The summed E-state index contributed by atoms with van der Waals surface area (Å²) in [6, 6.07) is 17.7. The first-order valence-electron chi connectivity index (χ1n) is 16.3. The first-order chi connectivity index (χ1) is 23.5. The van der Waals surface area contributed by atoms with Crippen LogP contribution in [0.3, 0.4) is 0 Å². The van der Waals surface area contributed by atoms with Crippen LogP contribution in [0.15, 0.2) is 60.7 Å². The number of carbonyl (C=O) groups excluding carboxylic acids is 2. The molecule has 3 aliphatic rings. The van der Waals surface area contributed by atoms with Gasteiger partial charge in [0.2, 0.25) is 0 Å². The van der Waals surface area contributed by atoms with Crippen LogP contribution >= 0.6 is 0 Å². The number of halogens is 4. The number of hydrogen-bond donors (Lipinski definition) is 0. The van der Waals surface area contributed by atoms with Crippen molar-refractivity contribution in [2.24, 2.45) is 0 Å². The molecule has 1 saturated carbocycles. The van der Waals surface area contributed by atoms with Crippen LogP contribution in [0.2, 0.25) is 0 Å². The highest BCUT2D eigenvalue weighted by molar-refractivity contribution is 5.83. The van der Waals surface area contributed by atoms with Gasteiger partial charge in [-0.2, -0.15) is 20.4 Å². The Balaban J connectivity index is 0.871. The molecular weight excluding hydrogens is 640 g/mol. The maximum atomic E-state index is 13.2. The lowest BCUT2D eigenvalue weighted by Crippen LogP contribution is -2.56. The molecule has 14 heteroatoms. The number of rotatable bonds is 12. The highest BCUT2D eigenvalue weighted by atomic mass is 19.3. The van der Waals surface area contributed by atoms with Crippen molar-refractivity contribution in [3.63, 3.8) is 0 Å². The zero-order chi connectivity index (χ0) is 34.2. The Hall–Kier alpha value is -4.88. The topological polar surface area (TPSA) is 118 Å². The van der Waals surface area contributed by atoms with E-state index in [1.165, 1.54) is 9.80 Å². The molecule has 0 aromatic carbocycles. The van der Waals surface area contributed by atoms with Crippen LogP contribution in [-0.2, 0) is 35.3 Å². The van der Waals surface area contributed by atoms with Gasteiger partial charge in [0.15, 0.2) is 0 Å². The monoisotopic (exact) mass is 674 g/mol. The molecule has 4 aromatic heterocycles. The highest BCUT2D eigenvalue weighted by Gasteiger charge is 2.45. The fourth-order valence-electron chi connectivity index (χ4n) is 6.65. The second kappa shape index (κ2) is 13.2. The van der Waals surface area contributed by atoms with Gasteiger partial charge in [-0.3, -0.25) is 9.59 Å². The van der Waals surface area contributed by atoms with Gasteiger partial charge in [0, 0.05) is 24.7 Å². The van der Waals surface area contributed by atoms with E-state index in [0.29, 0.717) is 34.4 Å². The molecule has 0 unspecified atom stereocenters. The molecule has 2 aliphatic heterocycles. The molecule has 3 fully saturated rings. The van der Waals surface area contributed by atoms with Crippen molar-refractivity contribution in [3.8, 4) is 0 Å². The van der Waals surface area contributed by atoms with E-state index in [4.69, 9.17) is 0 Å². The van der Waals surface area contributed by atoms with Crippen LogP contribution in [0.5, 0.6) is 0 Å². The van der Waals surface area contributed by atoms with Gasteiger partial charge in [0.1, 0.15) is 23.2 Å². The summed E-state index contributed by atoms with van der Waals surface area (Å²) in [5, 5.41) is 17.4. The van der Waals surface area contributed by atoms with E-state index in [1.54, 1.807) is 36.4 Å². The fourth-order valence-corrected chi connectivity index (χ4v) is 6.65.